The van der Waals surface area contributed by atoms with Crippen LogP contribution in [0.25, 0.3) is 0 Å². The minimum atomic E-state index is -0.723. The Balaban J connectivity index is 0.000000720. The van der Waals surface area contributed by atoms with Crippen LogP contribution in [-0.4, -0.2) is 44.3 Å². The van der Waals surface area contributed by atoms with Crippen LogP contribution in [0.5, 0.6) is 0 Å². The van der Waals surface area contributed by atoms with Crippen molar-refractivity contribution in [1.82, 2.24) is 4.90 Å². The quantitative estimate of drug-likeness (QED) is 0.620. The molecular formula is C9H19ClNSn. The fourth-order valence-electron chi connectivity index (χ4n) is 2.37. The molecule has 71 valence electrons. The second-order valence-electron chi connectivity index (χ2n) is 3.90. The van der Waals surface area contributed by atoms with E-state index < -0.39 is 19.8 Å². The van der Waals surface area contributed by atoms with Crippen molar-refractivity contribution in [2.24, 2.45) is 0 Å². The van der Waals surface area contributed by atoms with E-state index in [1.807, 2.05) is 0 Å². The normalized spacial score (nSPS) is 27.0. The molecule has 1 nitrogen and oxygen atoms in total. The summed E-state index contributed by atoms with van der Waals surface area (Å²) in [6.45, 7) is 4.30. The van der Waals surface area contributed by atoms with Crippen LogP contribution in [0.2, 0.25) is 13.3 Å². The van der Waals surface area contributed by atoms with E-state index in [-0.39, 0.29) is 12.4 Å². The molecule has 0 unspecified atom stereocenters. The van der Waals surface area contributed by atoms with Gasteiger partial charge in [-0.15, -0.1) is 12.4 Å². The van der Waals surface area contributed by atoms with Gasteiger partial charge in [0.2, 0.25) is 0 Å². The number of nitrogens with zero attached hydrogens (tertiary/aromatic N) is 1. The molecule has 3 saturated heterocycles. The van der Waals surface area contributed by atoms with Crippen molar-refractivity contribution in [3.05, 3.63) is 0 Å². The maximum absolute atomic E-state index is 2.69. The third-order valence-corrected chi connectivity index (χ3v) is 12.1. The molecule has 1 radical (unpaired) electrons. The average molecular weight is 295 g/mol. The summed E-state index contributed by atoms with van der Waals surface area (Å²) < 4.78 is 5.12. The zero-order chi connectivity index (χ0) is 7.52. The van der Waals surface area contributed by atoms with Gasteiger partial charge in [0.05, 0.1) is 0 Å². The van der Waals surface area contributed by atoms with Gasteiger partial charge in [0.1, 0.15) is 0 Å². The molecule has 2 bridgehead atoms. The molecule has 0 aliphatic carbocycles. The Labute approximate surface area is 89.0 Å². The fourth-order valence-corrected chi connectivity index (χ4v) is 10.1. The summed E-state index contributed by atoms with van der Waals surface area (Å²) in [6.07, 6.45) is 4.65. The molecule has 0 aromatic heterocycles. The molecule has 0 aromatic carbocycles. The van der Waals surface area contributed by atoms with E-state index in [1.54, 1.807) is 32.6 Å². The summed E-state index contributed by atoms with van der Waals surface area (Å²) in [5, 5.41) is 0. The van der Waals surface area contributed by atoms with Gasteiger partial charge in [-0.05, 0) is 0 Å². The molecule has 0 saturated carbocycles. The van der Waals surface area contributed by atoms with E-state index in [0.717, 1.165) is 0 Å². The van der Waals surface area contributed by atoms with Gasteiger partial charge in [-0.1, -0.05) is 0 Å². The summed E-state index contributed by atoms with van der Waals surface area (Å²) in [4.78, 5) is 2.69. The molecule has 3 rings (SSSR count). The molecule has 0 spiro atoms. The van der Waals surface area contributed by atoms with Crippen LogP contribution < -0.4 is 0 Å². The Bertz CT molecular complexity index is 95.9. The van der Waals surface area contributed by atoms with E-state index in [4.69, 9.17) is 0 Å². The molecule has 0 N–H and O–H groups in total. The van der Waals surface area contributed by atoms with Crippen molar-refractivity contribution in [2.45, 2.75) is 32.6 Å². The summed E-state index contributed by atoms with van der Waals surface area (Å²) in [6, 6.07) is 0. The van der Waals surface area contributed by atoms with E-state index in [9.17, 15) is 0 Å². The van der Waals surface area contributed by atoms with Gasteiger partial charge in [-0.2, -0.15) is 0 Å². The van der Waals surface area contributed by atoms with Crippen molar-refractivity contribution in [3.63, 3.8) is 0 Å². The van der Waals surface area contributed by atoms with Gasteiger partial charge < -0.3 is 0 Å². The first-order chi connectivity index (χ1) is 5.45. The van der Waals surface area contributed by atoms with E-state index in [2.05, 4.69) is 4.90 Å². The molecule has 3 heterocycles. The Morgan fingerprint density at radius 3 is 1.58 bits per heavy atom. The average Bonchev–Trinajstić information content (AvgIpc) is 1.80. The number of fused-ring (bicyclic) bond motifs is 6. The van der Waals surface area contributed by atoms with Gasteiger partial charge in [-0.3, -0.25) is 0 Å². The Morgan fingerprint density at radius 1 is 0.750 bits per heavy atom. The third-order valence-electron chi connectivity index (χ3n) is 3.01. The smallest absolute Gasteiger partial charge is 0.147 e. The molecule has 3 aliphatic rings. The van der Waals surface area contributed by atoms with Crippen LogP contribution in [-0.2, 0) is 0 Å². The largest absolute Gasteiger partial charge is 0.147 e. The Kier molecular flexibility index (Phi) is 5.29. The molecule has 3 aliphatic heterocycles. The Morgan fingerprint density at radius 2 is 1.17 bits per heavy atom. The number of hydrogen-bond acceptors (Lipinski definition) is 1. The first-order valence-corrected chi connectivity index (χ1v) is 11.1. The van der Waals surface area contributed by atoms with Crippen molar-refractivity contribution in [2.75, 3.05) is 19.6 Å². The van der Waals surface area contributed by atoms with Gasteiger partial charge in [0.15, 0.2) is 0 Å². The first kappa shape index (κ1) is 11.1. The van der Waals surface area contributed by atoms with Gasteiger partial charge >= 0.3 is 76.9 Å². The molecule has 3 fully saturated rings. The number of rotatable bonds is 0. The minimum absolute atomic E-state index is 0. The topological polar surface area (TPSA) is 3.24 Å². The second kappa shape index (κ2) is 5.71. The van der Waals surface area contributed by atoms with Crippen molar-refractivity contribution in [3.8, 4) is 0 Å². The predicted octanol–water partition coefficient (Wildman–Crippen LogP) is 2.40. The summed E-state index contributed by atoms with van der Waals surface area (Å²) >= 11 is -0.723. The van der Waals surface area contributed by atoms with Gasteiger partial charge in [0, 0.05) is 0 Å². The van der Waals surface area contributed by atoms with Crippen LogP contribution in [0.4, 0.5) is 0 Å². The van der Waals surface area contributed by atoms with Gasteiger partial charge in [0.25, 0.3) is 0 Å². The maximum Gasteiger partial charge on any atom is -0.147 e. The summed E-state index contributed by atoms with van der Waals surface area (Å²) in [5.74, 6) is 0. The van der Waals surface area contributed by atoms with Gasteiger partial charge in [-0.25, -0.2) is 0 Å². The van der Waals surface area contributed by atoms with E-state index in [1.165, 1.54) is 19.6 Å². The van der Waals surface area contributed by atoms with Crippen LogP contribution >= 0.6 is 12.4 Å². The molecular weight excluding hydrogens is 276 g/mol. The summed E-state index contributed by atoms with van der Waals surface area (Å²) in [5.41, 5.74) is 0. The third kappa shape index (κ3) is 3.07. The number of hydrogen-bond donors (Lipinski definition) is 0. The van der Waals surface area contributed by atoms with Crippen LogP contribution in [0.15, 0.2) is 0 Å². The molecule has 3 heteroatoms. The molecule has 0 atom stereocenters. The monoisotopic (exact) mass is 296 g/mol. The molecule has 12 heavy (non-hydrogen) atoms. The number of halogens is 1. The Hall–Kier alpha value is 1.05. The first-order valence-electron chi connectivity index (χ1n) is 5.01. The van der Waals surface area contributed by atoms with Crippen molar-refractivity contribution in [1.29, 1.82) is 0 Å². The maximum atomic E-state index is 2.69. The minimum Gasteiger partial charge on any atom is -0.147 e. The van der Waals surface area contributed by atoms with E-state index >= 15 is 0 Å². The zero-order valence-corrected chi connectivity index (χ0v) is 11.4. The van der Waals surface area contributed by atoms with Crippen LogP contribution in [0.3, 0.4) is 0 Å². The SMILES string of the molecule is C1CN2CC[CH2][Sn]([CH2]1)[CH2]CC2.Cl. The standard InChI is InChI=1S/C9H18N.ClH.Sn/c1-4-7-10(8-5-2)9-6-3;;/h1-9H2;1H;. The van der Waals surface area contributed by atoms with E-state index in [0.29, 0.717) is 0 Å². The van der Waals surface area contributed by atoms with Crippen LogP contribution in [0.1, 0.15) is 19.3 Å². The molecule has 0 amide bonds. The predicted molar refractivity (Wildman–Crippen MR) is 57.7 cm³/mol. The van der Waals surface area contributed by atoms with Crippen LogP contribution in [0, 0.1) is 0 Å². The zero-order valence-electron chi connectivity index (χ0n) is 7.72. The summed E-state index contributed by atoms with van der Waals surface area (Å²) in [7, 11) is 0. The van der Waals surface area contributed by atoms with Crippen molar-refractivity contribution < 1.29 is 0 Å². The second-order valence-corrected chi connectivity index (χ2v) is 12.5. The molecule has 0 aromatic rings. The van der Waals surface area contributed by atoms with Crippen molar-refractivity contribution >= 4 is 32.2 Å². The fraction of sp³-hybridized carbons (Fsp3) is 1.00.